The van der Waals surface area contributed by atoms with Gasteiger partial charge in [-0.15, -0.1) is 0 Å². The number of benzene rings is 1. The Kier molecular flexibility index (Phi) is 4.46. The molecule has 0 aromatic heterocycles. The van der Waals surface area contributed by atoms with Crippen LogP contribution in [0.15, 0.2) is 24.3 Å². The van der Waals surface area contributed by atoms with Gasteiger partial charge in [0, 0.05) is 37.7 Å². The number of rotatable bonds is 4. The molecule has 1 saturated heterocycles. The van der Waals surface area contributed by atoms with Crippen LogP contribution in [0.4, 0.5) is 0 Å². The Hall–Kier alpha value is -1.84. The van der Waals surface area contributed by atoms with Crippen molar-refractivity contribution < 1.29 is 9.59 Å². The van der Waals surface area contributed by atoms with Crippen LogP contribution in [-0.2, 0) is 11.2 Å². The van der Waals surface area contributed by atoms with Gasteiger partial charge in [0.25, 0.3) is 5.91 Å². The first-order chi connectivity index (χ1) is 10.7. The Bertz CT molecular complexity index is 541. The van der Waals surface area contributed by atoms with Crippen molar-refractivity contribution in [3.63, 3.8) is 0 Å². The number of piperazine rings is 1. The summed E-state index contributed by atoms with van der Waals surface area (Å²) in [6, 6.07) is 7.94. The number of carbonyl (C=O) groups excluding carboxylic acids is 2. The lowest BCUT2D eigenvalue weighted by Gasteiger charge is -2.35. The third-order valence-electron chi connectivity index (χ3n) is 4.54. The van der Waals surface area contributed by atoms with E-state index >= 15 is 0 Å². The highest BCUT2D eigenvalue weighted by Gasteiger charge is 2.35. The van der Waals surface area contributed by atoms with Gasteiger partial charge in [-0.05, 0) is 37.0 Å². The summed E-state index contributed by atoms with van der Waals surface area (Å²) in [5.74, 6) is 0.644. The maximum atomic E-state index is 12.5. The van der Waals surface area contributed by atoms with Crippen molar-refractivity contribution in [2.45, 2.75) is 32.6 Å². The maximum Gasteiger partial charge on any atom is 0.253 e. The average molecular weight is 300 g/mol. The second-order valence-electron chi connectivity index (χ2n) is 6.34. The smallest absolute Gasteiger partial charge is 0.253 e. The van der Waals surface area contributed by atoms with Gasteiger partial charge in [0.05, 0.1) is 0 Å². The molecule has 0 bridgehead atoms. The number of carbonyl (C=O) groups is 2. The van der Waals surface area contributed by atoms with Crippen LogP contribution in [0.1, 0.15) is 42.1 Å². The van der Waals surface area contributed by atoms with E-state index in [1.807, 2.05) is 34.1 Å². The molecule has 4 heteroatoms. The first-order valence-corrected chi connectivity index (χ1v) is 8.36. The van der Waals surface area contributed by atoms with Crippen molar-refractivity contribution >= 4 is 11.8 Å². The summed E-state index contributed by atoms with van der Waals surface area (Å²) in [5.41, 5.74) is 2.03. The molecule has 1 saturated carbocycles. The fourth-order valence-corrected chi connectivity index (χ4v) is 3.00. The lowest BCUT2D eigenvalue weighted by molar-refractivity contribution is -0.134. The van der Waals surface area contributed by atoms with Gasteiger partial charge in [-0.1, -0.05) is 25.5 Å². The van der Waals surface area contributed by atoms with E-state index in [0.717, 1.165) is 31.2 Å². The number of amides is 2. The molecule has 2 aliphatic rings. The molecule has 1 heterocycles. The lowest BCUT2D eigenvalue weighted by Crippen LogP contribution is -2.51. The van der Waals surface area contributed by atoms with Gasteiger partial charge in [0.1, 0.15) is 0 Å². The van der Waals surface area contributed by atoms with Gasteiger partial charge >= 0.3 is 0 Å². The van der Waals surface area contributed by atoms with Crippen molar-refractivity contribution in [2.75, 3.05) is 26.2 Å². The molecule has 2 fully saturated rings. The van der Waals surface area contributed by atoms with Crippen LogP contribution in [0, 0.1) is 5.92 Å². The number of hydrogen-bond acceptors (Lipinski definition) is 2. The molecule has 0 radical (unpaired) electrons. The third kappa shape index (κ3) is 3.32. The Morgan fingerprint density at radius 1 is 1.00 bits per heavy atom. The summed E-state index contributed by atoms with van der Waals surface area (Å²) in [4.78, 5) is 28.3. The van der Waals surface area contributed by atoms with Crippen molar-refractivity contribution in [1.82, 2.24) is 9.80 Å². The summed E-state index contributed by atoms with van der Waals surface area (Å²) in [5, 5.41) is 0. The van der Waals surface area contributed by atoms with Gasteiger partial charge in [-0.25, -0.2) is 0 Å². The van der Waals surface area contributed by atoms with Crippen LogP contribution in [0.5, 0.6) is 0 Å². The second kappa shape index (κ2) is 6.51. The van der Waals surface area contributed by atoms with E-state index < -0.39 is 0 Å². The number of aryl methyl sites for hydroxylation is 1. The molecule has 0 N–H and O–H groups in total. The molecule has 0 unspecified atom stereocenters. The molecule has 0 spiro atoms. The highest BCUT2D eigenvalue weighted by Crippen LogP contribution is 2.31. The summed E-state index contributed by atoms with van der Waals surface area (Å²) < 4.78 is 0. The number of hydrogen-bond donors (Lipinski definition) is 0. The third-order valence-corrected chi connectivity index (χ3v) is 4.54. The van der Waals surface area contributed by atoms with Crippen LogP contribution in [0.3, 0.4) is 0 Å². The summed E-state index contributed by atoms with van der Waals surface area (Å²) in [7, 11) is 0. The van der Waals surface area contributed by atoms with Gasteiger partial charge in [-0.2, -0.15) is 0 Å². The maximum absolute atomic E-state index is 12.5. The Morgan fingerprint density at radius 2 is 1.59 bits per heavy atom. The summed E-state index contributed by atoms with van der Waals surface area (Å²) >= 11 is 0. The molecule has 1 aromatic rings. The van der Waals surface area contributed by atoms with E-state index in [1.54, 1.807) is 0 Å². The molecule has 1 aliphatic heterocycles. The van der Waals surface area contributed by atoms with Crippen LogP contribution in [0.25, 0.3) is 0 Å². The molecule has 0 atom stereocenters. The Morgan fingerprint density at radius 3 is 2.14 bits per heavy atom. The quantitative estimate of drug-likeness (QED) is 0.856. The Balaban J connectivity index is 1.55. The van der Waals surface area contributed by atoms with Gasteiger partial charge < -0.3 is 9.80 Å². The molecule has 22 heavy (non-hydrogen) atoms. The fraction of sp³-hybridized carbons (Fsp3) is 0.556. The standard InChI is InChI=1S/C18H24N2O2/c1-2-3-14-4-6-15(7-5-14)17(21)19-10-12-20(13-11-19)18(22)16-8-9-16/h4-7,16H,2-3,8-13H2,1H3. The fourth-order valence-electron chi connectivity index (χ4n) is 3.00. The van der Waals surface area contributed by atoms with Gasteiger partial charge in [-0.3, -0.25) is 9.59 Å². The molecule has 1 aliphatic carbocycles. The normalized spacial score (nSPS) is 18.4. The van der Waals surface area contributed by atoms with Crippen LogP contribution in [-0.4, -0.2) is 47.8 Å². The summed E-state index contributed by atoms with van der Waals surface area (Å²) in [6.45, 7) is 4.80. The minimum Gasteiger partial charge on any atom is -0.339 e. The number of nitrogens with zero attached hydrogens (tertiary/aromatic N) is 2. The highest BCUT2D eigenvalue weighted by molar-refractivity contribution is 5.94. The van der Waals surface area contributed by atoms with Gasteiger partial charge in [0.2, 0.25) is 5.91 Å². The van der Waals surface area contributed by atoms with Crippen LogP contribution < -0.4 is 0 Å². The van der Waals surface area contributed by atoms with E-state index in [0.29, 0.717) is 26.2 Å². The second-order valence-corrected chi connectivity index (χ2v) is 6.34. The predicted molar refractivity (Wildman–Crippen MR) is 85.6 cm³/mol. The zero-order chi connectivity index (χ0) is 15.5. The zero-order valence-corrected chi connectivity index (χ0v) is 13.3. The summed E-state index contributed by atoms with van der Waals surface area (Å²) in [6.07, 6.45) is 4.25. The van der Waals surface area contributed by atoms with E-state index in [2.05, 4.69) is 6.92 Å². The SMILES string of the molecule is CCCc1ccc(C(=O)N2CCN(C(=O)C3CC3)CC2)cc1. The molecule has 1 aromatic carbocycles. The monoisotopic (exact) mass is 300 g/mol. The molecular weight excluding hydrogens is 276 g/mol. The highest BCUT2D eigenvalue weighted by atomic mass is 16.2. The van der Waals surface area contributed by atoms with Crippen molar-refractivity contribution in [3.8, 4) is 0 Å². The van der Waals surface area contributed by atoms with Crippen LogP contribution >= 0.6 is 0 Å². The van der Waals surface area contributed by atoms with Crippen LogP contribution in [0.2, 0.25) is 0 Å². The predicted octanol–water partition coefficient (Wildman–Crippen LogP) is 2.33. The molecule has 118 valence electrons. The zero-order valence-electron chi connectivity index (χ0n) is 13.3. The van der Waals surface area contributed by atoms with Crippen molar-refractivity contribution in [3.05, 3.63) is 35.4 Å². The van der Waals surface area contributed by atoms with E-state index in [-0.39, 0.29) is 17.7 Å². The molecular formula is C18H24N2O2. The minimum absolute atomic E-state index is 0.0848. The lowest BCUT2D eigenvalue weighted by atomic mass is 10.1. The minimum atomic E-state index is 0.0848. The van der Waals surface area contributed by atoms with Crippen molar-refractivity contribution in [2.24, 2.45) is 5.92 Å². The topological polar surface area (TPSA) is 40.6 Å². The Labute approximate surface area is 132 Å². The molecule has 2 amide bonds. The first kappa shape index (κ1) is 15.1. The average Bonchev–Trinajstić information content (AvgIpc) is 3.40. The van der Waals surface area contributed by atoms with E-state index in [9.17, 15) is 9.59 Å². The first-order valence-electron chi connectivity index (χ1n) is 8.36. The van der Waals surface area contributed by atoms with E-state index in [1.165, 1.54) is 5.56 Å². The molecule has 4 nitrogen and oxygen atoms in total. The van der Waals surface area contributed by atoms with Gasteiger partial charge in [0.15, 0.2) is 0 Å². The van der Waals surface area contributed by atoms with Crippen molar-refractivity contribution in [1.29, 1.82) is 0 Å². The molecule has 3 rings (SSSR count). The largest absolute Gasteiger partial charge is 0.339 e. The van der Waals surface area contributed by atoms with E-state index in [4.69, 9.17) is 0 Å².